The summed E-state index contributed by atoms with van der Waals surface area (Å²) in [6.07, 6.45) is 3.31. The fraction of sp³-hybridized carbons (Fsp3) is 0.833. The number of aliphatic carboxylic acids is 1. The second-order valence-corrected chi connectivity index (χ2v) is 6.78. The molecule has 0 aromatic carbocycles. The number of amides is 1. The van der Waals surface area contributed by atoms with Gasteiger partial charge >= 0.3 is 5.97 Å². The van der Waals surface area contributed by atoms with Gasteiger partial charge in [0, 0.05) is 17.8 Å². The van der Waals surface area contributed by atoms with Crippen molar-refractivity contribution in [2.75, 3.05) is 18.8 Å². The van der Waals surface area contributed by atoms with Gasteiger partial charge in [-0.1, -0.05) is 0 Å². The third-order valence-corrected chi connectivity index (χ3v) is 4.68. The normalized spacial score (nSPS) is 18.5. The smallest absolute Gasteiger partial charge is 0.321 e. The van der Waals surface area contributed by atoms with Crippen LogP contribution in [0.5, 0.6) is 0 Å². The van der Waals surface area contributed by atoms with Crippen LogP contribution in [0.25, 0.3) is 0 Å². The lowest BCUT2D eigenvalue weighted by Crippen LogP contribution is -2.47. The minimum Gasteiger partial charge on any atom is -0.480 e. The minimum atomic E-state index is -1.03. The predicted molar refractivity (Wildman–Crippen MR) is 72.6 cm³/mol. The molecule has 3 N–H and O–H groups in total. The first kappa shape index (κ1) is 15.3. The molecule has 1 atom stereocenters. The molecule has 0 bridgehead atoms. The van der Waals surface area contributed by atoms with E-state index in [9.17, 15) is 9.59 Å². The second-order valence-electron chi connectivity index (χ2n) is 5.15. The maximum absolute atomic E-state index is 12.0. The van der Waals surface area contributed by atoms with Crippen LogP contribution in [0.15, 0.2) is 0 Å². The Morgan fingerprint density at radius 3 is 2.39 bits per heavy atom. The molecule has 0 unspecified atom stereocenters. The SMILES string of the molecule is CC(C)(SCC(=O)N1CCCCC1)[C@@H](N)C(=O)O. The molecule has 5 nitrogen and oxygen atoms in total. The van der Waals surface area contributed by atoms with Gasteiger partial charge in [-0.25, -0.2) is 0 Å². The molecular weight excluding hydrogens is 252 g/mol. The van der Waals surface area contributed by atoms with Crippen molar-refractivity contribution in [3.05, 3.63) is 0 Å². The van der Waals surface area contributed by atoms with Crippen LogP contribution in [-0.2, 0) is 9.59 Å². The van der Waals surface area contributed by atoms with E-state index in [4.69, 9.17) is 10.8 Å². The highest BCUT2D eigenvalue weighted by Crippen LogP contribution is 2.28. The summed E-state index contributed by atoms with van der Waals surface area (Å²) >= 11 is 1.32. The van der Waals surface area contributed by atoms with Crippen molar-refractivity contribution in [2.24, 2.45) is 5.73 Å². The molecule has 18 heavy (non-hydrogen) atoms. The summed E-state index contributed by atoms with van der Waals surface area (Å²) < 4.78 is -0.642. The first-order chi connectivity index (χ1) is 8.34. The van der Waals surface area contributed by atoms with Gasteiger partial charge in [0.2, 0.25) is 5.91 Å². The van der Waals surface area contributed by atoms with Crippen LogP contribution in [0.1, 0.15) is 33.1 Å². The van der Waals surface area contributed by atoms with Crippen molar-refractivity contribution in [3.8, 4) is 0 Å². The van der Waals surface area contributed by atoms with Gasteiger partial charge in [-0.2, -0.15) is 0 Å². The monoisotopic (exact) mass is 274 g/mol. The summed E-state index contributed by atoms with van der Waals surface area (Å²) in [5.74, 6) is -0.642. The van der Waals surface area contributed by atoms with Crippen LogP contribution in [0.3, 0.4) is 0 Å². The highest BCUT2D eigenvalue weighted by Gasteiger charge is 2.33. The van der Waals surface area contributed by atoms with E-state index in [2.05, 4.69) is 0 Å². The Morgan fingerprint density at radius 1 is 1.33 bits per heavy atom. The zero-order valence-corrected chi connectivity index (χ0v) is 11.8. The number of nitrogens with two attached hydrogens (primary N) is 1. The molecular formula is C12H22N2O3S. The molecule has 0 aromatic heterocycles. The fourth-order valence-corrected chi connectivity index (χ4v) is 2.83. The van der Waals surface area contributed by atoms with E-state index in [0.717, 1.165) is 25.9 Å². The van der Waals surface area contributed by atoms with Crippen molar-refractivity contribution in [1.82, 2.24) is 4.90 Å². The number of piperidine rings is 1. The molecule has 0 radical (unpaired) electrons. The topological polar surface area (TPSA) is 83.6 Å². The van der Waals surface area contributed by atoms with Crippen molar-refractivity contribution < 1.29 is 14.7 Å². The number of carbonyl (C=O) groups is 2. The Balaban J connectivity index is 2.43. The number of hydrogen-bond acceptors (Lipinski definition) is 4. The molecule has 1 aliphatic heterocycles. The highest BCUT2D eigenvalue weighted by molar-refractivity contribution is 8.01. The van der Waals surface area contributed by atoms with Gasteiger partial charge in [0.05, 0.1) is 5.75 Å². The third-order valence-electron chi connectivity index (χ3n) is 3.29. The number of nitrogens with zero attached hydrogens (tertiary/aromatic N) is 1. The van der Waals surface area contributed by atoms with E-state index < -0.39 is 16.8 Å². The molecule has 0 spiro atoms. The lowest BCUT2D eigenvalue weighted by atomic mass is 10.1. The Bertz CT molecular complexity index is 314. The lowest BCUT2D eigenvalue weighted by molar-refractivity contribution is -0.139. The van der Waals surface area contributed by atoms with E-state index in [-0.39, 0.29) is 5.91 Å². The standard InChI is InChI=1S/C12H22N2O3S/c1-12(2,10(13)11(16)17)18-8-9(15)14-6-4-3-5-7-14/h10H,3-8,13H2,1-2H3,(H,16,17)/t10-/m0/s1. The number of carbonyl (C=O) groups excluding carboxylic acids is 1. The van der Waals surface area contributed by atoms with Crippen molar-refractivity contribution in [1.29, 1.82) is 0 Å². The summed E-state index contributed by atoms with van der Waals surface area (Å²) in [6, 6.07) is -0.961. The van der Waals surface area contributed by atoms with Gasteiger partial charge in [-0.05, 0) is 33.1 Å². The zero-order chi connectivity index (χ0) is 13.8. The Morgan fingerprint density at radius 2 is 1.89 bits per heavy atom. The van der Waals surface area contributed by atoms with Gasteiger partial charge in [0.25, 0.3) is 0 Å². The summed E-state index contributed by atoms with van der Waals surface area (Å²) in [6.45, 7) is 5.18. The van der Waals surface area contributed by atoms with Crippen LogP contribution in [-0.4, -0.2) is 51.5 Å². The van der Waals surface area contributed by atoms with Gasteiger partial charge in [-0.15, -0.1) is 11.8 Å². The van der Waals surface area contributed by atoms with Gasteiger partial charge in [0.1, 0.15) is 6.04 Å². The number of hydrogen-bond donors (Lipinski definition) is 2. The van der Waals surface area contributed by atoms with Crippen molar-refractivity contribution in [2.45, 2.75) is 43.9 Å². The van der Waals surface area contributed by atoms with Crippen LogP contribution < -0.4 is 5.73 Å². The summed E-state index contributed by atoms with van der Waals surface area (Å²) in [4.78, 5) is 24.7. The Hall–Kier alpha value is -0.750. The van der Waals surface area contributed by atoms with Crippen molar-refractivity contribution in [3.63, 3.8) is 0 Å². The second kappa shape index (κ2) is 6.43. The van der Waals surface area contributed by atoms with Crippen LogP contribution >= 0.6 is 11.8 Å². The maximum atomic E-state index is 12.0. The molecule has 1 aliphatic rings. The van der Waals surface area contributed by atoms with Crippen LogP contribution in [0, 0.1) is 0 Å². The van der Waals surface area contributed by atoms with Crippen LogP contribution in [0.4, 0.5) is 0 Å². The van der Waals surface area contributed by atoms with E-state index >= 15 is 0 Å². The van der Waals surface area contributed by atoms with E-state index in [1.165, 1.54) is 18.2 Å². The van der Waals surface area contributed by atoms with Crippen molar-refractivity contribution >= 4 is 23.6 Å². The predicted octanol–water partition coefficient (Wildman–Crippen LogP) is 0.923. The average Bonchev–Trinajstić information content (AvgIpc) is 2.36. The minimum absolute atomic E-state index is 0.0883. The Labute approximate surface area is 112 Å². The van der Waals surface area contributed by atoms with E-state index in [1.807, 2.05) is 4.90 Å². The molecule has 6 heteroatoms. The first-order valence-corrected chi connectivity index (χ1v) is 7.23. The largest absolute Gasteiger partial charge is 0.480 e. The fourth-order valence-electron chi connectivity index (χ4n) is 1.87. The van der Waals surface area contributed by atoms with Gasteiger partial charge in [0.15, 0.2) is 0 Å². The van der Waals surface area contributed by atoms with E-state index in [1.54, 1.807) is 13.8 Å². The number of carboxylic acid groups (broad SMARTS) is 1. The summed E-state index contributed by atoms with van der Waals surface area (Å²) in [5.41, 5.74) is 5.61. The van der Waals surface area contributed by atoms with Gasteiger partial charge in [-0.3, -0.25) is 9.59 Å². The first-order valence-electron chi connectivity index (χ1n) is 6.24. The lowest BCUT2D eigenvalue weighted by Gasteiger charge is -2.30. The quantitative estimate of drug-likeness (QED) is 0.779. The zero-order valence-electron chi connectivity index (χ0n) is 11.0. The number of carboxylic acids is 1. The number of likely N-dealkylation sites (tertiary alicyclic amines) is 1. The average molecular weight is 274 g/mol. The Kier molecular flexibility index (Phi) is 5.47. The molecule has 0 aromatic rings. The number of thioether (sulfide) groups is 1. The molecule has 104 valence electrons. The molecule has 0 aliphatic carbocycles. The molecule has 1 fully saturated rings. The molecule has 0 saturated carbocycles. The molecule has 1 saturated heterocycles. The highest BCUT2D eigenvalue weighted by atomic mass is 32.2. The molecule has 1 rings (SSSR count). The third kappa shape index (κ3) is 4.17. The summed E-state index contributed by atoms with van der Waals surface area (Å²) in [5, 5.41) is 8.90. The number of rotatable bonds is 5. The molecule has 1 heterocycles. The summed E-state index contributed by atoms with van der Waals surface area (Å²) in [7, 11) is 0. The molecule has 1 amide bonds. The van der Waals surface area contributed by atoms with Gasteiger partial charge < -0.3 is 15.7 Å². The van der Waals surface area contributed by atoms with Crippen LogP contribution in [0.2, 0.25) is 0 Å². The van der Waals surface area contributed by atoms with E-state index in [0.29, 0.717) is 5.75 Å². The maximum Gasteiger partial charge on any atom is 0.321 e.